The predicted octanol–water partition coefficient (Wildman–Crippen LogP) is 1.71. The monoisotopic (exact) mass is 370 g/mol. The van der Waals surface area contributed by atoms with Crippen molar-refractivity contribution >= 4 is 17.8 Å². The number of ether oxygens (including phenoxy) is 2. The molecule has 0 unspecified atom stereocenters. The fourth-order valence-electron chi connectivity index (χ4n) is 2.34. The molecule has 2 aromatic rings. The lowest BCUT2D eigenvalue weighted by Gasteiger charge is -2.08. The molecule has 2 aromatic carbocycles. The predicted molar refractivity (Wildman–Crippen MR) is 99.8 cm³/mol. The Morgan fingerprint density at radius 1 is 0.926 bits per heavy atom. The molecule has 0 radical (unpaired) electrons. The van der Waals surface area contributed by atoms with Crippen LogP contribution in [0, 0.1) is 0 Å². The first-order chi connectivity index (χ1) is 13.0. The molecule has 0 atom stereocenters. The Morgan fingerprint density at radius 2 is 1.63 bits per heavy atom. The lowest BCUT2D eigenvalue weighted by molar-refractivity contribution is -0.131. The summed E-state index contributed by atoms with van der Waals surface area (Å²) < 4.78 is 10.0. The highest BCUT2D eigenvalue weighted by Gasteiger charge is 2.08. The van der Waals surface area contributed by atoms with Crippen LogP contribution in [-0.2, 0) is 16.0 Å². The van der Waals surface area contributed by atoms with E-state index in [1.54, 1.807) is 37.4 Å². The normalized spacial score (nSPS) is 10.0. The number of carbonyl (C=O) groups is 3. The lowest BCUT2D eigenvalue weighted by atomic mass is 10.1. The highest BCUT2D eigenvalue weighted by molar-refractivity contribution is 5.94. The molecule has 0 saturated carbocycles. The number of methoxy groups -OCH3 is 1. The number of rotatable bonds is 8. The van der Waals surface area contributed by atoms with Crippen LogP contribution in [0.3, 0.4) is 0 Å². The Balaban J connectivity index is 1.73. The largest absolute Gasteiger partial charge is 0.497 e. The van der Waals surface area contributed by atoms with Gasteiger partial charge in [-0.05, 0) is 35.9 Å². The van der Waals surface area contributed by atoms with Crippen LogP contribution < -0.4 is 20.1 Å². The van der Waals surface area contributed by atoms with E-state index in [2.05, 4.69) is 10.6 Å². The van der Waals surface area contributed by atoms with E-state index < -0.39 is 5.97 Å². The SMILES string of the molecule is COc1ccc(CC(=O)NCCNC(=O)c2cccc(OC(C)=O)c2)cc1. The highest BCUT2D eigenvalue weighted by Crippen LogP contribution is 2.13. The fraction of sp³-hybridized carbons (Fsp3) is 0.250. The van der Waals surface area contributed by atoms with Crippen LogP contribution in [0.25, 0.3) is 0 Å². The van der Waals surface area contributed by atoms with Gasteiger partial charge in [0.05, 0.1) is 13.5 Å². The third-order valence-corrected chi connectivity index (χ3v) is 3.61. The maximum Gasteiger partial charge on any atom is 0.308 e. The molecular weight excluding hydrogens is 348 g/mol. The fourth-order valence-corrected chi connectivity index (χ4v) is 2.34. The summed E-state index contributed by atoms with van der Waals surface area (Å²) in [6, 6.07) is 13.6. The minimum atomic E-state index is -0.452. The average molecular weight is 370 g/mol. The standard InChI is InChI=1S/C20H22N2O5/c1-14(23)27-18-5-3-4-16(13-18)20(25)22-11-10-21-19(24)12-15-6-8-17(26-2)9-7-15/h3-9,13H,10-12H2,1-2H3,(H,21,24)(H,22,25). The van der Waals surface area contributed by atoms with Gasteiger partial charge in [0.25, 0.3) is 5.91 Å². The maximum atomic E-state index is 12.1. The molecule has 2 N–H and O–H groups in total. The van der Waals surface area contributed by atoms with E-state index >= 15 is 0 Å². The van der Waals surface area contributed by atoms with Crippen LogP contribution in [0.2, 0.25) is 0 Å². The minimum absolute atomic E-state index is 0.133. The molecule has 0 aromatic heterocycles. The second kappa shape index (κ2) is 9.96. The van der Waals surface area contributed by atoms with Crippen molar-refractivity contribution in [2.45, 2.75) is 13.3 Å². The quantitative estimate of drug-likeness (QED) is 0.419. The first kappa shape index (κ1) is 20.0. The number of esters is 1. The molecule has 0 heterocycles. The number of amides is 2. The van der Waals surface area contributed by atoms with E-state index in [9.17, 15) is 14.4 Å². The lowest BCUT2D eigenvalue weighted by Crippen LogP contribution is -2.35. The molecule has 7 heteroatoms. The Morgan fingerprint density at radius 3 is 2.30 bits per heavy atom. The van der Waals surface area contributed by atoms with Crippen LogP contribution in [-0.4, -0.2) is 38.0 Å². The van der Waals surface area contributed by atoms with Crippen molar-refractivity contribution in [3.05, 3.63) is 59.7 Å². The summed E-state index contributed by atoms with van der Waals surface area (Å²) in [6.07, 6.45) is 0.252. The van der Waals surface area contributed by atoms with Gasteiger partial charge in [-0.15, -0.1) is 0 Å². The first-order valence-corrected chi connectivity index (χ1v) is 8.44. The molecule has 0 aliphatic rings. The van der Waals surface area contributed by atoms with Crippen molar-refractivity contribution in [3.63, 3.8) is 0 Å². The smallest absolute Gasteiger partial charge is 0.308 e. The number of benzene rings is 2. The zero-order chi connectivity index (χ0) is 19.6. The summed E-state index contributed by atoms with van der Waals surface area (Å²) in [5.41, 5.74) is 1.25. The topological polar surface area (TPSA) is 93.7 Å². The van der Waals surface area contributed by atoms with Crippen molar-refractivity contribution in [1.29, 1.82) is 0 Å². The van der Waals surface area contributed by atoms with E-state index in [1.165, 1.54) is 13.0 Å². The molecule has 142 valence electrons. The number of carbonyl (C=O) groups excluding carboxylic acids is 3. The molecule has 2 amide bonds. The van der Waals surface area contributed by atoms with Crippen molar-refractivity contribution in [1.82, 2.24) is 10.6 Å². The van der Waals surface area contributed by atoms with E-state index in [1.807, 2.05) is 12.1 Å². The second-order valence-electron chi connectivity index (χ2n) is 5.75. The van der Waals surface area contributed by atoms with E-state index in [0.717, 1.165) is 11.3 Å². The van der Waals surface area contributed by atoms with Gasteiger partial charge in [0.15, 0.2) is 0 Å². The highest BCUT2D eigenvalue weighted by atomic mass is 16.5. The van der Waals surface area contributed by atoms with Gasteiger partial charge in [0.1, 0.15) is 11.5 Å². The van der Waals surface area contributed by atoms with E-state index in [-0.39, 0.29) is 24.8 Å². The zero-order valence-electron chi connectivity index (χ0n) is 15.3. The molecular formula is C20H22N2O5. The van der Waals surface area contributed by atoms with Gasteiger partial charge in [-0.2, -0.15) is 0 Å². The molecule has 0 spiro atoms. The van der Waals surface area contributed by atoms with Gasteiger partial charge in [-0.1, -0.05) is 18.2 Å². The molecule has 0 aliphatic heterocycles. The van der Waals surface area contributed by atoms with Gasteiger partial charge in [-0.25, -0.2) is 0 Å². The minimum Gasteiger partial charge on any atom is -0.497 e. The number of hydrogen-bond acceptors (Lipinski definition) is 5. The maximum absolute atomic E-state index is 12.1. The van der Waals surface area contributed by atoms with Gasteiger partial charge >= 0.3 is 5.97 Å². The average Bonchev–Trinajstić information content (AvgIpc) is 2.65. The summed E-state index contributed by atoms with van der Waals surface area (Å²) in [5, 5.41) is 5.45. The Bertz CT molecular complexity index is 802. The van der Waals surface area contributed by atoms with Crippen LogP contribution >= 0.6 is 0 Å². The van der Waals surface area contributed by atoms with Gasteiger partial charge < -0.3 is 20.1 Å². The summed E-state index contributed by atoms with van der Waals surface area (Å²) in [7, 11) is 1.59. The van der Waals surface area contributed by atoms with Crippen molar-refractivity contribution in [3.8, 4) is 11.5 Å². The molecule has 0 aliphatic carbocycles. The summed E-state index contributed by atoms with van der Waals surface area (Å²) in [5.74, 6) is 0.148. The molecule has 0 fully saturated rings. The van der Waals surface area contributed by atoms with Crippen molar-refractivity contribution < 1.29 is 23.9 Å². The van der Waals surface area contributed by atoms with Crippen LogP contribution in [0.15, 0.2) is 48.5 Å². The van der Waals surface area contributed by atoms with Gasteiger partial charge in [0.2, 0.25) is 5.91 Å². The molecule has 7 nitrogen and oxygen atoms in total. The molecule has 2 rings (SSSR count). The van der Waals surface area contributed by atoms with Crippen LogP contribution in [0.4, 0.5) is 0 Å². The van der Waals surface area contributed by atoms with Crippen LogP contribution in [0.5, 0.6) is 11.5 Å². The summed E-state index contributed by atoms with van der Waals surface area (Å²) in [6.45, 7) is 1.89. The summed E-state index contributed by atoms with van der Waals surface area (Å²) in [4.78, 5) is 35.0. The van der Waals surface area contributed by atoms with Crippen molar-refractivity contribution in [2.75, 3.05) is 20.2 Å². The van der Waals surface area contributed by atoms with Gasteiger partial charge in [0, 0.05) is 25.6 Å². The molecule has 0 saturated heterocycles. The number of hydrogen-bond donors (Lipinski definition) is 2. The van der Waals surface area contributed by atoms with Crippen LogP contribution in [0.1, 0.15) is 22.8 Å². The molecule has 27 heavy (non-hydrogen) atoms. The third kappa shape index (κ3) is 6.81. The second-order valence-corrected chi connectivity index (χ2v) is 5.75. The van der Waals surface area contributed by atoms with E-state index in [4.69, 9.17) is 9.47 Å². The first-order valence-electron chi connectivity index (χ1n) is 8.44. The Labute approximate surface area is 157 Å². The van der Waals surface area contributed by atoms with Crippen molar-refractivity contribution in [2.24, 2.45) is 0 Å². The Hall–Kier alpha value is -3.35. The summed E-state index contributed by atoms with van der Waals surface area (Å²) >= 11 is 0. The van der Waals surface area contributed by atoms with Gasteiger partial charge in [-0.3, -0.25) is 14.4 Å². The molecule has 0 bridgehead atoms. The Kier molecular flexibility index (Phi) is 7.37. The zero-order valence-corrected chi connectivity index (χ0v) is 15.3. The third-order valence-electron chi connectivity index (χ3n) is 3.61. The van der Waals surface area contributed by atoms with E-state index in [0.29, 0.717) is 17.9 Å². The number of nitrogens with one attached hydrogen (secondary N) is 2.